The second-order valence-corrected chi connectivity index (χ2v) is 4.42. The van der Waals surface area contributed by atoms with E-state index >= 15 is 0 Å². The van der Waals surface area contributed by atoms with Crippen molar-refractivity contribution in [2.75, 3.05) is 0 Å². The summed E-state index contributed by atoms with van der Waals surface area (Å²) >= 11 is 1.63. The number of thiazole rings is 1. The highest BCUT2D eigenvalue weighted by Crippen LogP contribution is 2.18. The van der Waals surface area contributed by atoms with Gasteiger partial charge in [-0.05, 0) is 18.6 Å². The highest BCUT2D eigenvalue weighted by molar-refractivity contribution is 7.09. The largest absolute Gasteiger partial charge is 0.322 e. The summed E-state index contributed by atoms with van der Waals surface area (Å²) in [5, 5.41) is 3.03. The molecule has 0 saturated carbocycles. The number of nitrogens with zero attached hydrogens (tertiary/aromatic N) is 2. The first kappa shape index (κ1) is 10.3. The summed E-state index contributed by atoms with van der Waals surface area (Å²) in [7, 11) is 0. The van der Waals surface area contributed by atoms with Gasteiger partial charge < -0.3 is 5.73 Å². The summed E-state index contributed by atoms with van der Waals surface area (Å²) in [5.41, 5.74) is 8.20. The Balaban J connectivity index is 2.15. The van der Waals surface area contributed by atoms with Crippen molar-refractivity contribution in [3.63, 3.8) is 0 Å². The van der Waals surface area contributed by atoms with Crippen LogP contribution in [0.2, 0.25) is 0 Å². The fraction of sp³-hybridized carbons (Fsp3) is 0.273. The lowest BCUT2D eigenvalue weighted by Gasteiger charge is -2.11. The maximum Gasteiger partial charge on any atom is 0.0944 e. The van der Waals surface area contributed by atoms with E-state index in [1.54, 1.807) is 23.7 Å². The highest BCUT2D eigenvalue weighted by atomic mass is 32.1. The Morgan fingerprint density at radius 2 is 2.27 bits per heavy atom. The van der Waals surface area contributed by atoms with E-state index in [-0.39, 0.29) is 6.04 Å². The van der Waals surface area contributed by atoms with Crippen LogP contribution >= 0.6 is 11.3 Å². The molecule has 3 nitrogen and oxygen atoms in total. The number of aryl methyl sites for hydroxylation is 1. The third-order valence-electron chi connectivity index (χ3n) is 2.28. The van der Waals surface area contributed by atoms with Crippen LogP contribution in [0.25, 0.3) is 0 Å². The van der Waals surface area contributed by atoms with E-state index in [0.717, 1.165) is 22.7 Å². The average molecular weight is 219 g/mol. The zero-order valence-electron chi connectivity index (χ0n) is 8.55. The standard InChI is InChI=1S/C11H13N3S/c1-8-3-2-4-14-11(8)9(12)7-10-13-5-6-15-10/h2-6,9H,7,12H2,1H3. The molecule has 2 aromatic rings. The molecule has 2 rings (SSSR count). The molecule has 1 unspecified atom stereocenters. The van der Waals surface area contributed by atoms with E-state index in [0.29, 0.717) is 0 Å². The lowest BCUT2D eigenvalue weighted by Crippen LogP contribution is -2.16. The second kappa shape index (κ2) is 4.51. The molecule has 2 aromatic heterocycles. The van der Waals surface area contributed by atoms with Crippen LogP contribution in [-0.4, -0.2) is 9.97 Å². The number of hydrogen-bond acceptors (Lipinski definition) is 4. The molecule has 0 saturated heterocycles. The van der Waals surface area contributed by atoms with E-state index in [9.17, 15) is 0 Å². The second-order valence-electron chi connectivity index (χ2n) is 3.44. The lowest BCUT2D eigenvalue weighted by molar-refractivity contribution is 0.687. The van der Waals surface area contributed by atoms with Crippen LogP contribution in [0.3, 0.4) is 0 Å². The molecule has 0 bridgehead atoms. The van der Waals surface area contributed by atoms with Gasteiger partial charge in [-0.1, -0.05) is 6.07 Å². The number of aromatic nitrogens is 2. The van der Waals surface area contributed by atoms with Gasteiger partial charge in [0, 0.05) is 24.2 Å². The molecule has 4 heteroatoms. The van der Waals surface area contributed by atoms with E-state index in [4.69, 9.17) is 5.73 Å². The number of rotatable bonds is 3. The van der Waals surface area contributed by atoms with Gasteiger partial charge in [0.25, 0.3) is 0 Å². The van der Waals surface area contributed by atoms with Crippen LogP contribution in [0.15, 0.2) is 29.9 Å². The van der Waals surface area contributed by atoms with Crippen LogP contribution in [0, 0.1) is 6.92 Å². The smallest absolute Gasteiger partial charge is 0.0944 e. The van der Waals surface area contributed by atoms with E-state index in [1.807, 2.05) is 24.4 Å². The highest BCUT2D eigenvalue weighted by Gasteiger charge is 2.11. The first-order valence-corrected chi connectivity index (χ1v) is 5.71. The summed E-state index contributed by atoms with van der Waals surface area (Å²) in [6.45, 7) is 2.03. The van der Waals surface area contributed by atoms with Crippen LogP contribution in [0.5, 0.6) is 0 Å². The summed E-state index contributed by atoms with van der Waals surface area (Å²) < 4.78 is 0. The van der Waals surface area contributed by atoms with Crippen molar-refractivity contribution in [1.82, 2.24) is 9.97 Å². The molecule has 78 valence electrons. The Labute approximate surface area is 93.0 Å². The number of nitrogens with two attached hydrogens (primary N) is 1. The predicted molar refractivity (Wildman–Crippen MR) is 61.7 cm³/mol. The zero-order valence-corrected chi connectivity index (χ0v) is 9.37. The third-order valence-corrected chi connectivity index (χ3v) is 3.08. The summed E-state index contributed by atoms with van der Waals surface area (Å²) in [6, 6.07) is 3.90. The molecule has 0 aromatic carbocycles. The van der Waals surface area contributed by atoms with Gasteiger partial charge in [-0.25, -0.2) is 4.98 Å². The van der Waals surface area contributed by atoms with Crippen LogP contribution in [-0.2, 0) is 6.42 Å². The first-order valence-electron chi connectivity index (χ1n) is 4.83. The Bertz CT molecular complexity index is 425. The molecular weight excluding hydrogens is 206 g/mol. The van der Waals surface area contributed by atoms with Crippen molar-refractivity contribution in [2.45, 2.75) is 19.4 Å². The van der Waals surface area contributed by atoms with Gasteiger partial charge in [-0.2, -0.15) is 0 Å². The van der Waals surface area contributed by atoms with Crippen molar-refractivity contribution in [3.05, 3.63) is 46.2 Å². The first-order chi connectivity index (χ1) is 7.27. The predicted octanol–water partition coefficient (Wildman–Crippen LogP) is 2.09. The van der Waals surface area contributed by atoms with Crippen molar-refractivity contribution in [2.24, 2.45) is 5.73 Å². The van der Waals surface area contributed by atoms with Gasteiger partial charge in [-0.3, -0.25) is 4.98 Å². The molecular formula is C11H13N3S. The third kappa shape index (κ3) is 2.40. The van der Waals surface area contributed by atoms with E-state index < -0.39 is 0 Å². The molecule has 0 aliphatic rings. The van der Waals surface area contributed by atoms with Crippen molar-refractivity contribution < 1.29 is 0 Å². The molecule has 0 aliphatic carbocycles. The quantitative estimate of drug-likeness (QED) is 0.860. The fourth-order valence-corrected chi connectivity index (χ4v) is 2.20. The average Bonchev–Trinajstić information content (AvgIpc) is 2.71. The summed E-state index contributed by atoms with van der Waals surface area (Å²) in [6.07, 6.45) is 4.34. The zero-order chi connectivity index (χ0) is 10.7. The normalized spacial score (nSPS) is 12.7. The minimum atomic E-state index is -0.0580. The molecule has 2 heterocycles. The maximum atomic E-state index is 6.09. The van der Waals surface area contributed by atoms with Crippen molar-refractivity contribution >= 4 is 11.3 Å². The van der Waals surface area contributed by atoms with Crippen LogP contribution in [0.1, 0.15) is 22.3 Å². The van der Waals surface area contributed by atoms with Gasteiger partial charge in [0.05, 0.1) is 16.7 Å². The molecule has 0 fully saturated rings. The Morgan fingerprint density at radius 3 is 2.93 bits per heavy atom. The van der Waals surface area contributed by atoms with E-state index in [1.165, 1.54) is 0 Å². The van der Waals surface area contributed by atoms with Crippen molar-refractivity contribution in [3.8, 4) is 0 Å². The monoisotopic (exact) mass is 219 g/mol. The van der Waals surface area contributed by atoms with Crippen molar-refractivity contribution in [1.29, 1.82) is 0 Å². The Hall–Kier alpha value is -1.26. The minimum Gasteiger partial charge on any atom is -0.322 e. The molecule has 0 radical (unpaired) electrons. The maximum absolute atomic E-state index is 6.09. The topological polar surface area (TPSA) is 51.8 Å². The van der Waals surface area contributed by atoms with Gasteiger partial charge in [-0.15, -0.1) is 11.3 Å². The van der Waals surface area contributed by atoms with Gasteiger partial charge in [0.2, 0.25) is 0 Å². The molecule has 0 spiro atoms. The molecule has 2 N–H and O–H groups in total. The fourth-order valence-electron chi connectivity index (χ4n) is 1.52. The Kier molecular flexibility index (Phi) is 3.08. The summed E-state index contributed by atoms with van der Waals surface area (Å²) in [5.74, 6) is 0. The Morgan fingerprint density at radius 1 is 1.40 bits per heavy atom. The van der Waals surface area contributed by atoms with Gasteiger partial charge in [0.15, 0.2) is 0 Å². The minimum absolute atomic E-state index is 0.0580. The van der Waals surface area contributed by atoms with Crippen LogP contribution in [0.4, 0.5) is 0 Å². The SMILES string of the molecule is Cc1cccnc1C(N)Cc1nccs1. The number of hydrogen-bond donors (Lipinski definition) is 1. The van der Waals surface area contributed by atoms with Crippen LogP contribution < -0.4 is 5.73 Å². The molecule has 1 atom stereocenters. The summed E-state index contributed by atoms with van der Waals surface area (Å²) in [4.78, 5) is 8.53. The van der Waals surface area contributed by atoms with E-state index in [2.05, 4.69) is 9.97 Å². The molecule has 0 aliphatic heterocycles. The lowest BCUT2D eigenvalue weighted by atomic mass is 10.1. The van der Waals surface area contributed by atoms with Gasteiger partial charge >= 0.3 is 0 Å². The molecule has 15 heavy (non-hydrogen) atoms. The number of pyridine rings is 1. The molecule has 0 amide bonds. The van der Waals surface area contributed by atoms with Gasteiger partial charge in [0.1, 0.15) is 0 Å².